The van der Waals surface area contributed by atoms with Gasteiger partial charge in [-0.25, -0.2) is 9.78 Å². The predicted octanol–water partition coefficient (Wildman–Crippen LogP) is 8.29. The summed E-state index contributed by atoms with van der Waals surface area (Å²) < 4.78 is 26.1. The van der Waals surface area contributed by atoms with Crippen LogP contribution in [0.2, 0.25) is 0 Å². The number of esters is 2. The second-order valence-electron chi connectivity index (χ2n) is 17.3. The summed E-state index contributed by atoms with van der Waals surface area (Å²) in [5, 5.41) is 11.5. The Bertz CT molecular complexity index is 2660. The van der Waals surface area contributed by atoms with E-state index in [0.717, 1.165) is 27.8 Å². The summed E-state index contributed by atoms with van der Waals surface area (Å²) in [5.74, 6) is -3.54. The molecule has 2 N–H and O–H groups in total. The van der Waals surface area contributed by atoms with Gasteiger partial charge in [-0.05, 0) is 66.3 Å². The van der Waals surface area contributed by atoms with Gasteiger partial charge in [0.2, 0.25) is 11.1 Å². The van der Waals surface area contributed by atoms with Crippen LogP contribution in [0, 0.1) is 5.41 Å². The molecule has 13 nitrogen and oxygen atoms in total. The molecule has 348 valence electrons. The number of nitrogens with one attached hydrogen (secondary N) is 2. The number of fused-ring (bicyclic) bond motifs is 1. The number of nitrogens with zero attached hydrogens (tertiary/aromatic N) is 3. The van der Waals surface area contributed by atoms with Gasteiger partial charge in [0.15, 0.2) is 23.0 Å². The number of aromatic nitrogens is 1. The molecule has 8 rings (SSSR count). The van der Waals surface area contributed by atoms with Gasteiger partial charge in [-0.15, -0.1) is 11.3 Å². The Kier molecular flexibility index (Phi) is 14.5. The molecule has 16 heteroatoms. The van der Waals surface area contributed by atoms with Gasteiger partial charge in [-0.2, -0.15) is 0 Å². The van der Waals surface area contributed by atoms with Crippen molar-refractivity contribution in [2.45, 2.75) is 49.4 Å². The summed E-state index contributed by atoms with van der Waals surface area (Å²) in [5.41, 5.74) is 0.775. The molecule has 1 aromatic heterocycles. The van der Waals surface area contributed by atoms with Crippen LogP contribution >= 0.6 is 33.9 Å². The number of alkyl halides is 1. The largest absolute Gasteiger partial charge is 0.615 e. The van der Waals surface area contributed by atoms with Crippen molar-refractivity contribution < 1.29 is 38.0 Å². The first-order valence-electron chi connectivity index (χ1n) is 21.7. The van der Waals surface area contributed by atoms with E-state index in [2.05, 4.69) is 45.0 Å². The monoisotopic (exact) mass is 1060 g/mol. The minimum Gasteiger partial charge on any atom is -0.615 e. The predicted molar refractivity (Wildman–Crippen MR) is 270 cm³/mol. The zero-order valence-corrected chi connectivity index (χ0v) is 41.2. The fourth-order valence-corrected chi connectivity index (χ4v) is 12.1. The van der Waals surface area contributed by atoms with Crippen LogP contribution in [-0.4, -0.2) is 77.6 Å². The molecule has 68 heavy (non-hydrogen) atoms. The van der Waals surface area contributed by atoms with E-state index in [4.69, 9.17) is 19.3 Å². The van der Waals surface area contributed by atoms with E-state index in [1.54, 1.807) is 26.2 Å². The van der Waals surface area contributed by atoms with Crippen molar-refractivity contribution in [2.24, 2.45) is 10.6 Å². The Morgan fingerprint density at radius 1 is 0.868 bits per heavy atom. The first kappa shape index (κ1) is 48.1. The average Bonchev–Trinajstić information content (AvgIpc) is 3.82. The summed E-state index contributed by atoms with van der Waals surface area (Å²) in [7, 11) is 0. The highest BCUT2D eigenvalue weighted by Gasteiger charge is 2.64. The first-order valence-corrected chi connectivity index (χ1v) is 25.4. The minimum absolute atomic E-state index is 0.0431. The number of carbonyl (C=O) groups is 4. The smallest absolute Gasteiger partial charge is 0.376 e. The Morgan fingerprint density at radius 3 is 1.85 bits per heavy atom. The molecule has 3 unspecified atom stereocenters. The van der Waals surface area contributed by atoms with Crippen LogP contribution in [0.25, 0.3) is 0 Å². The Balaban J connectivity index is 1.07. The highest BCUT2D eigenvalue weighted by Crippen LogP contribution is 2.43. The van der Waals surface area contributed by atoms with Gasteiger partial charge in [0.05, 0.1) is 0 Å². The van der Waals surface area contributed by atoms with E-state index in [-0.39, 0.29) is 22.4 Å². The maximum atomic E-state index is 14.5. The van der Waals surface area contributed by atoms with E-state index in [1.807, 2.05) is 152 Å². The maximum absolute atomic E-state index is 14.5. The summed E-state index contributed by atoms with van der Waals surface area (Å²) in [6.07, 6.45) is -0.741. The third-order valence-corrected chi connectivity index (χ3v) is 15.6. The number of anilines is 1. The standard InChI is InChI=1S/C52H48IN5O8S2/c1-34(47(61)65-50(2,3)4)66-57-41(40-30-67-49(54-40)56-52(37-24-14-7-15-25-37,38-26-16-8-17-27-38)39-28-18-9-19-29-39)44(59)55-42-45(60)58-32-51(31-53,33-68(63)46(42)58)48(62)64-43(35-20-10-5-11-21-35)36-22-12-6-13-23-36/h5-30,42-43,46H,1,31-33H2,2-4H3,(H,54,56)(H,55,59)/t42?,46-,51?,68?/m1/s1. The fraction of sp³-hybridized carbons (Fsp3) is 0.231. The van der Waals surface area contributed by atoms with Crippen LogP contribution in [0.3, 0.4) is 0 Å². The zero-order chi connectivity index (χ0) is 48.1. The molecule has 2 saturated heterocycles. The number of oxime groups is 1. The van der Waals surface area contributed by atoms with Gasteiger partial charge in [-0.1, -0.05) is 179 Å². The molecule has 0 spiro atoms. The van der Waals surface area contributed by atoms with Gasteiger partial charge in [0, 0.05) is 16.4 Å². The van der Waals surface area contributed by atoms with Crippen molar-refractivity contribution >= 4 is 79.7 Å². The lowest BCUT2D eigenvalue weighted by atomic mass is 9.77. The number of hydrogen-bond acceptors (Lipinski definition) is 12. The zero-order valence-electron chi connectivity index (χ0n) is 37.4. The number of halogens is 1. The van der Waals surface area contributed by atoms with E-state index in [9.17, 15) is 23.7 Å². The summed E-state index contributed by atoms with van der Waals surface area (Å²) in [6.45, 7) is 8.63. The minimum atomic E-state index is -1.82. The molecule has 4 atom stereocenters. The summed E-state index contributed by atoms with van der Waals surface area (Å²) in [6, 6.07) is 47.1. The molecule has 0 saturated carbocycles. The van der Waals surface area contributed by atoms with Gasteiger partial charge < -0.3 is 29.5 Å². The number of thiazole rings is 1. The molecular formula is C52H48IN5O8S2. The summed E-state index contributed by atoms with van der Waals surface area (Å²) in [4.78, 5) is 67.3. The lowest BCUT2D eigenvalue weighted by Gasteiger charge is -2.53. The molecule has 2 amide bonds. The van der Waals surface area contributed by atoms with E-state index in [1.165, 1.54) is 16.2 Å². The normalized spacial score (nSPS) is 19.3. The van der Waals surface area contributed by atoms with Gasteiger partial charge in [0.1, 0.15) is 28.0 Å². The van der Waals surface area contributed by atoms with Crippen molar-refractivity contribution in [2.75, 3.05) is 22.0 Å². The topological polar surface area (TPSA) is 172 Å². The van der Waals surface area contributed by atoms with Crippen LogP contribution in [0.5, 0.6) is 0 Å². The first-order chi connectivity index (χ1) is 32.7. The highest BCUT2D eigenvalue weighted by molar-refractivity contribution is 14.1. The summed E-state index contributed by atoms with van der Waals surface area (Å²) >= 11 is 1.45. The maximum Gasteiger partial charge on any atom is 0.376 e. The Labute approximate surface area is 415 Å². The van der Waals surface area contributed by atoms with Gasteiger partial charge >= 0.3 is 11.9 Å². The SMILES string of the molecule is C=C(ON=C(C(=O)NC1C(=O)N2CC(CI)(C(=O)OC(c3ccccc3)c3ccccc3)C[S+]([O-])[C@H]12)c1csc(NC(c2ccccc2)(c2ccccc2)c2ccccc2)n1)C(=O)OC(C)(C)C. The van der Waals surface area contributed by atoms with E-state index >= 15 is 0 Å². The van der Waals surface area contributed by atoms with Crippen molar-refractivity contribution in [3.63, 3.8) is 0 Å². The highest BCUT2D eigenvalue weighted by atomic mass is 127. The molecular weight excluding hydrogens is 1010 g/mol. The molecule has 6 aromatic rings. The number of hydrogen-bond donors (Lipinski definition) is 2. The second kappa shape index (κ2) is 20.5. The molecule has 0 radical (unpaired) electrons. The fourth-order valence-electron chi connectivity index (χ4n) is 8.19. The lowest BCUT2D eigenvalue weighted by molar-refractivity contribution is -0.164. The molecule has 0 aliphatic carbocycles. The van der Waals surface area contributed by atoms with Crippen molar-refractivity contribution in [3.8, 4) is 0 Å². The van der Waals surface area contributed by atoms with E-state index < -0.39 is 80.5 Å². The number of rotatable bonds is 16. The van der Waals surface area contributed by atoms with Crippen molar-refractivity contribution in [3.05, 3.63) is 203 Å². The number of β-lactam (4-membered cyclic amide) rings is 1. The number of ether oxygens (including phenoxy) is 2. The van der Waals surface area contributed by atoms with Crippen LogP contribution in [0.4, 0.5) is 5.13 Å². The number of carbonyl (C=O) groups excluding carboxylic acids is 4. The second-order valence-corrected chi connectivity index (χ2v) is 20.5. The van der Waals surface area contributed by atoms with Crippen molar-refractivity contribution in [1.82, 2.24) is 15.2 Å². The van der Waals surface area contributed by atoms with Crippen LogP contribution < -0.4 is 10.6 Å². The van der Waals surface area contributed by atoms with Crippen molar-refractivity contribution in [1.29, 1.82) is 0 Å². The molecule has 2 aliphatic rings. The average molecular weight is 1060 g/mol. The quantitative estimate of drug-likeness (QED) is 0.00919. The van der Waals surface area contributed by atoms with Crippen LogP contribution in [0.1, 0.15) is 60.4 Å². The molecule has 0 bridgehead atoms. The Hall–Kier alpha value is -6.34. The van der Waals surface area contributed by atoms with Gasteiger partial charge in [-0.3, -0.25) is 19.3 Å². The number of amides is 2. The molecule has 2 aliphatic heterocycles. The molecule has 2 fully saturated rings. The number of benzene rings is 5. The van der Waals surface area contributed by atoms with E-state index in [0.29, 0.717) is 5.13 Å². The molecule has 5 aromatic carbocycles. The third kappa shape index (κ3) is 10.1. The van der Waals surface area contributed by atoms with Crippen LogP contribution in [0.15, 0.2) is 175 Å². The van der Waals surface area contributed by atoms with Gasteiger partial charge in [0.25, 0.3) is 11.8 Å². The van der Waals surface area contributed by atoms with Crippen LogP contribution in [-0.2, 0) is 50.2 Å². The molecule has 3 heterocycles. The lowest BCUT2D eigenvalue weighted by Crippen LogP contribution is -2.78. The third-order valence-electron chi connectivity index (χ3n) is 11.5. The Morgan fingerprint density at radius 2 is 1.37 bits per heavy atom.